The first-order valence-corrected chi connectivity index (χ1v) is 10.1. The molecule has 4 rings (SSSR count). The van der Waals surface area contributed by atoms with E-state index < -0.39 is 0 Å². The van der Waals surface area contributed by atoms with Gasteiger partial charge in [0.25, 0.3) is 5.56 Å². The Hall–Kier alpha value is -3.26. The van der Waals surface area contributed by atoms with Crippen LogP contribution in [0.1, 0.15) is 16.7 Å². The number of anilines is 1. The fraction of sp³-hybridized carbons (Fsp3) is 0.238. The number of carbonyl (C=O) groups excluding carboxylic acids is 1. The van der Waals surface area contributed by atoms with Crippen LogP contribution in [0.25, 0.3) is 22.3 Å². The van der Waals surface area contributed by atoms with Gasteiger partial charge < -0.3 is 14.5 Å². The molecule has 0 aliphatic heterocycles. The number of hydrogen-bond donors (Lipinski definition) is 1. The molecule has 0 aliphatic rings. The van der Waals surface area contributed by atoms with Gasteiger partial charge >= 0.3 is 0 Å². The minimum absolute atomic E-state index is 0.00620. The molecule has 0 saturated carbocycles. The number of benzene rings is 1. The van der Waals surface area contributed by atoms with Crippen LogP contribution in [0.15, 0.2) is 40.9 Å². The second kappa shape index (κ2) is 7.29. The van der Waals surface area contributed by atoms with Gasteiger partial charge in [-0.3, -0.25) is 9.59 Å². The number of nitrogens with zero attached hydrogens (tertiary/aromatic N) is 4. The molecule has 1 N–H and O–H groups in total. The molecule has 148 valence electrons. The summed E-state index contributed by atoms with van der Waals surface area (Å²) in [5.41, 5.74) is 6.03. The molecule has 0 fully saturated rings. The van der Waals surface area contributed by atoms with Crippen molar-refractivity contribution in [2.75, 3.05) is 5.32 Å². The molecule has 29 heavy (non-hydrogen) atoms. The number of pyridine rings is 1. The average Bonchev–Trinajstić information content (AvgIpc) is 3.30. The van der Waals surface area contributed by atoms with Crippen LogP contribution in [0.2, 0.25) is 0 Å². The van der Waals surface area contributed by atoms with Crippen molar-refractivity contribution >= 4 is 33.4 Å². The predicted octanol–water partition coefficient (Wildman–Crippen LogP) is 3.42. The van der Waals surface area contributed by atoms with Crippen molar-refractivity contribution in [1.82, 2.24) is 19.1 Å². The van der Waals surface area contributed by atoms with E-state index in [9.17, 15) is 9.59 Å². The second-order valence-corrected chi connectivity index (χ2v) is 8.04. The van der Waals surface area contributed by atoms with Gasteiger partial charge in [-0.25, -0.2) is 9.97 Å². The molecule has 4 aromatic rings. The second-order valence-electron chi connectivity index (χ2n) is 7.18. The summed E-state index contributed by atoms with van der Waals surface area (Å²) < 4.78 is 3.09. The SMILES string of the molecule is Cc1ccc(-c2csc(NC(=O)Cn3cnc4c(C)cn(C)c(=O)c43)n2)cc1C. The van der Waals surface area contributed by atoms with Gasteiger partial charge in [0, 0.05) is 24.2 Å². The zero-order chi connectivity index (χ0) is 20.7. The molecular weight excluding hydrogens is 386 g/mol. The Morgan fingerprint density at radius 2 is 1.97 bits per heavy atom. The normalized spacial score (nSPS) is 11.2. The summed E-state index contributed by atoms with van der Waals surface area (Å²) in [7, 11) is 1.69. The standard InChI is InChI=1S/C21H21N5O2S/c1-12-5-6-15(7-13(12)2)16-10-29-21(23-16)24-17(27)9-26-11-22-18-14(3)8-25(4)20(28)19(18)26/h5-8,10-11H,9H2,1-4H3,(H,23,24,27). The summed E-state index contributed by atoms with van der Waals surface area (Å²) in [6, 6.07) is 6.18. The van der Waals surface area contributed by atoms with Crippen LogP contribution in [0, 0.1) is 20.8 Å². The Morgan fingerprint density at radius 3 is 2.72 bits per heavy atom. The summed E-state index contributed by atoms with van der Waals surface area (Å²) in [4.78, 5) is 33.8. The number of thiazole rings is 1. The van der Waals surface area contributed by atoms with E-state index in [4.69, 9.17) is 0 Å². The van der Waals surface area contributed by atoms with Gasteiger partial charge in [0.2, 0.25) is 5.91 Å². The van der Waals surface area contributed by atoms with Crippen LogP contribution in [-0.2, 0) is 18.4 Å². The van der Waals surface area contributed by atoms with Crippen molar-refractivity contribution in [3.05, 3.63) is 63.1 Å². The molecule has 0 bridgehead atoms. The van der Waals surface area contributed by atoms with Gasteiger partial charge in [-0.2, -0.15) is 0 Å². The van der Waals surface area contributed by atoms with Crippen molar-refractivity contribution in [2.24, 2.45) is 7.05 Å². The van der Waals surface area contributed by atoms with Gasteiger partial charge in [0.05, 0.1) is 17.5 Å². The minimum atomic E-state index is -0.256. The van der Waals surface area contributed by atoms with Crippen LogP contribution >= 0.6 is 11.3 Å². The maximum Gasteiger partial charge on any atom is 0.276 e. The highest BCUT2D eigenvalue weighted by molar-refractivity contribution is 7.14. The zero-order valence-corrected chi connectivity index (χ0v) is 17.5. The van der Waals surface area contributed by atoms with Crippen LogP contribution in [0.4, 0.5) is 5.13 Å². The number of nitrogens with one attached hydrogen (secondary N) is 1. The summed E-state index contributed by atoms with van der Waals surface area (Å²) >= 11 is 1.37. The van der Waals surface area contributed by atoms with E-state index in [-0.39, 0.29) is 18.0 Å². The van der Waals surface area contributed by atoms with E-state index in [1.165, 1.54) is 33.4 Å². The average molecular weight is 407 g/mol. The highest BCUT2D eigenvalue weighted by Crippen LogP contribution is 2.26. The monoisotopic (exact) mass is 407 g/mol. The quantitative estimate of drug-likeness (QED) is 0.562. The van der Waals surface area contributed by atoms with Crippen LogP contribution in [0.5, 0.6) is 0 Å². The third-order valence-electron chi connectivity index (χ3n) is 4.99. The van der Waals surface area contributed by atoms with Crippen LogP contribution in [-0.4, -0.2) is 25.0 Å². The third-order valence-corrected chi connectivity index (χ3v) is 5.75. The molecule has 3 aromatic heterocycles. The number of carbonyl (C=O) groups is 1. The number of amides is 1. The zero-order valence-electron chi connectivity index (χ0n) is 16.7. The summed E-state index contributed by atoms with van der Waals surface area (Å²) in [6.45, 7) is 6.02. The maximum absolute atomic E-state index is 12.5. The smallest absolute Gasteiger partial charge is 0.276 e. The highest BCUT2D eigenvalue weighted by atomic mass is 32.1. The Kier molecular flexibility index (Phi) is 4.79. The molecule has 1 aromatic carbocycles. The first kappa shape index (κ1) is 19.1. The first-order chi connectivity index (χ1) is 13.8. The lowest BCUT2D eigenvalue weighted by Crippen LogP contribution is -2.23. The van der Waals surface area contributed by atoms with E-state index in [1.807, 2.05) is 18.4 Å². The van der Waals surface area contributed by atoms with E-state index in [2.05, 4.69) is 41.3 Å². The van der Waals surface area contributed by atoms with Crippen molar-refractivity contribution in [3.63, 3.8) is 0 Å². The summed E-state index contributed by atoms with van der Waals surface area (Å²) in [5, 5.41) is 5.27. The Morgan fingerprint density at radius 1 is 1.17 bits per heavy atom. The minimum Gasteiger partial charge on any atom is -0.317 e. The van der Waals surface area contributed by atoms with Gasteiger partial charge in [-0.15, -0.1) is 11.3 Å². The van der Waals surface area contributed by atoms with E-state index >= 15 is 0 Å². The molecule has 0 spiro atoms. The van der Waals surface area contributed by atoms with Crippen molar-refractivity contribution in [1.29, 1.82) is 0 Å². The van der Waals surface area contributed by atoms with Crippen LogP contribution in [0.3, 0.4) is 0 Å². The van der Waals surface area contributed by atoms with Gasteiger partial charge in [0.15, 0.2) is 5.13 Å². The number of hydrogen-bond acceptors (Lipinski definition) is 5. The fourth-order valence-corrected chi connectivity index (χ4v) is 4.01. The maximum atomic E-state index is 12.5. The molecular formula is C21H21N5O2S. The molecule has 0 aliphatic carbocycles. The van der Waals surface area contributed by atoms with Gasteiger partial charge in [0.1, 0.15) is 12.1 Å². The van der Waals surface area contributed by atoms with Crippen molar-refractivity contribution < 1.29 is 4.79 Å². The summed E-state index contributed by atoms with van der Waals surface area (Å²) in [6.07, 6.45) is 3.27. The number of aryl methyl sites for hydroxylation is 4. The fourth-order valence-electron chi connectivity index (χ4n) is 3.27. The van der Waals surface area contributed by atoms with E-state index in [0.717, 1.165) is 16.8 Å². The largest absolute Gasteiger partial charge is 0.317 e. The number of imidazole rings is 1. The van der Waals surface area contributed by atoms with E-state index in [1.54, 1.807) is 17.8 Å². The number of aromatic nitrogens is 4. The lowest BCUT2D eigenvalue weighted by atomic mass is 10.1. The molecule has 1 amide bonds. The molecule has 3 heterocycles. The van der Waals surface area contributed by atoms with E-state index in [0.29, 0.717) is 16.2 Å². The first-order valence-electron chi connectivity index (χ1n) is 9.17. The molecule has 8 heteroatoms. The predicted molar refractivity (Wildman–Crippen MR) is 115 cm³/mol. The molecule has 0 atom stereocenters. The van der Waals surface area contributed by atoms with Gasteiger partial charge in [-0.05, 0) is 43.5 Å². The Labute approximate surface area is 171 Å². The van der Waals surface area contributed by atoms with Crippen molar-refractivity contribution in [3.8, 4) is 11.3 Å². The highest BCUT2D eigenvalue weighted by Gasteiger charge is 2.15. The third kappa shape index (κ3) is 3.58. The molecule has 0 saturated heterocycles. The molecule has 0 unspecified atom stereocenters. The Balaban J connectivity index is 1.54. The molecule has 7 nitrogen and oxygen atoms in total. The number of fused-ring (bicyclic) bond motifs is 1. The lowest BCUT2D eigenvalue weighted by molar-refractivity contribution is -0.116. The van der Waals surface area contributed by atoms with Crippen molar-refractivity contribution in [2.45, 2.75) is 27.3 Å². The Bertz CT molecular complexity index is 1300. The topological polar surface area (TPSA) is 81.8 Å². The number of rotatable bonds is 4. The summed E-state index contributed by atoms with van der Waals surface area (Å²) in [5.74, 6) is -0.256. The van der Waals surface area contributed by atoms with Crippen LogP contribution < -0.4 is 10.9 Å². The molecule has 0 radical (unpaired) electrons. The lowest BCUT2D eigenvalue weighted by Gasteiger charge is -2.06. The van der Waals surface area contributed by atoms with Gasteiger partial charge in [-0.1, -0.05) is 12.1 Å².